The summed E-state index contributed by atoms with van der Waals surface area (Å²) in [7, 11) is 0. The lowest BCUT2D eigenvalue weighted by Crippen LogP contribution is -2.39. The van der Waals surface area contributed by atoms with Crippen LogP contribution >= 0.6 is 11.6 Å². The Labute approximate surface area is 125 Å². The average Bonchev–Trinajstić information content (AvgIpc) is 2.53. The highest BCUT2D eigenvalue weighted by Gasteiger charge is 2.22. The monoisotopic (exact) mass is 289 g/mol. The molecule has 1 aromatic carbocycles. The second-order valence-corrected chi connectivity index (χ2v) is 5.78. The second-order valence-electron chi connectivity index (χ2n) is 5.40. The van der Waals surface area contributed by atoms with Crippen LogP contribution in [0.4, 0.5) is 5.95 Å². The number of aromatic nitrogens is 2. The number of hydrogen-bond donors (Lipinski definition) is 0. The molecule has 1 saturated carbocycles. The van der Waals surface area contributed by atoms with Crippen molar-refractivity contribution in [3.8, 4) is 0 Å². The van der Waals surface area contributed by atoms with Crippen molar-refractivity contribution in [1.29, 1.82) is 0 Å². The number of alkyl halides is 1. The number of halogens is 1. The van der Waals surface area contributed by atoms with E-state index in [9.17, 15) is 0 Å². The largest absolute Gasteiger partial charge is 0.337 e. The first kappa shape index (κ1) is 13.6. The van der Waals surface area contributed by atoms with E-state index >= 15 is 0 Å². The average molecular weight is 290 g/mol. The Kier molecular flexibility index (Phi) is 4.36. The van der Waals surface area contributed by atoms with Gasteiger partial charge in [0.1, 0.15) is 0 Å². The molecule has 0 amide bonds. The van der Waals surface area contributed by atoms with Gasteiger partial charge in [-0.15, -0.1) is 11.6 Å². The summed E-state index contributed by atoms with van der Waals surface area (Å²) in [6.45, 7) is 0.824. The van der Waals surface area contributed by atoms with Gasteiger partial charge in [0.05, 0.1) is 5.52 Å². The lowest BCUT2D eigenvalue weighted by atomic mass is 9.94. The van der Waals surface area contributed by atoms with Crippen molar-refractivity contribution in [2.75, 3.05) is 17.3 Å². The predicted octanol–water partition coefficient (Wildman–Crippen LogP) is 4.01. The van der Waals surface area contributed by atoms with E-state index in [1.54, 1.807) is 0 Å². The lowest BCUT2D eigenvalue weighted by molar-refractivity contribution is 0.415. The summed E-state index contributed by atoms with van der Waals surface area (Å²) >= 11 is 5.99. The Hall–Kier alpha value is -1.35. The summed E-state index contributed by atoms with van der Waals surface area (Å²) in [5.41, 5.74) is 1.01. The summed E-state index contributed by atoms with van der Waals surface area (Å²) < 4.78 is 0. The zero-order valence-electron chi connectivity index (χ0n) is 11.6. The van der Waals surface area contributed by atoms with Crippen LogP contribution in [-0.2, 0) is 0 Å². The molecule has 2 aromatic rings. The molecule has 106 valence electrons. The Morgan fingerprint density at radius 3 is 2.75 bits per heavy atom. The molecule has 0 bridgehead atoms. The number of fused-ring (bicyclic) bond motifs is 1. The van der Waals surface area contributed by atoms with Crippen molar-refractivity contribution < 1.29 is 0 Å². The van der Waals surface area contributed by atoms with Crippen LogP contribution in [0.5, 0.6) is 0 Å². The number of benzene rings is 1. The van der Waals surface area contributed by atoms with Crippen LogP contribution in [0.15, 0.2) is 30.5 Å². The molecule has 20 heavy (non-hydrogen) atoms. The van der Waals surface area contributed by atoms with Gasteiger partial charge in [-0.1, -0.05) is 37.5 Å². The molecule has 0 spiro atoms. The number of nitrogens with zero attached hydrogens (tertiary/aromatic N) is 3. The quantitative estimate of drug-likeness (QED) is 0.797. The molecule has 0 aliphatic heterocycles. The van der Waals surface area contributed by atoms with Crippen LogP contribution in [-0.4, -0.2) is 28.4 Å². The third-order valence-electron chi connectivity index (χ3n) is 4.07. The fourth-order valence-electron chi connectivity index (χ4n) is 3.03. The van der Waals surface area contributed by atoms with E-state index in [4.69, 9.17) is 16.6 Å². The van der Waals surface area contributed by atoms with Crippen molar-refractivity contribution >= 4 is 28.5 Å². The highest BCUT2D eigenvalue weighted by molar-refractivity contribution is 6.18. The Morgan fingerprint density at radius 2 is 1.95 bits per heavy atom. The Balaban J connectivity index is 1.91. The third kappa shape index (κ3) is 2.88. The zero-order valence-corrected chi connectivity index (χ0v) is 12.4. The zero-order chi connectivity index (χ0) is 13.8. The molecule has 1 aliphatic carbocycles. The standard InChI is InChI=1S/C16H20ClN3/c17-10-11-20(14-7-2-1-3-8-14)16-18-12-13-6-4-5-9-15(13)19-16/h4-6,9,12,14H,1-3,7-8,10-11H2. The summed E-state index contributed by atoms with van der Waals surface area (Å²) in [5.74, 6) is 1.45. The summed E-state index contributed by atoms with van der Waals surface area (Å²) in [5, 5.41) is 1.09. The summed E-state index contributed by atoms with van der Waals surface area (Å²) in [4.78, 5) is 11.6. The number of rotatable bonds is 4. The molecule has 0 saturated heterocycles. The van der Waals surface area contributed by atoms with Gasteiger partial charge in [-0.25, -0.2) is 9.97 Å². The van der Waals surface area contributed by atoms with Gasteiger partial charge in [0, 0.05) is 30.0 Å². The van der Waals surface area contributed by atoms with Gasteiger partial charge in [0.2, 0.25) is 5.95 Å². The number of para-hydroxylation sites is 1. The van der Waals surface area contributed by atoms with E-state index < -0.39 is 0 Å². The van der Waals surface area contributed by atoms with Gasteiger partial charge in [-0.2, -0.15) is 0 Å². The van der Waals surface area contributed by atoms with Crippen LogP contribution in [0.2, 0.25) is 0 Å². The van der Waals surface area contributed by atoms with E-state index in [2.05, 4.69) is 9.88 Å². The minimum Gasteiger partial charge on any atom is -0.337 e. The smallest absolute Gasteiger partial charge is 0.226 e. The van der Waals surface area contributed by atoms with Crippen LogP contribution in [0.3, 0.4) is 0 Å². The molecule has 1 aromatic heterocycles. The maximum Gasteiger partial charge on any atom is 0.226 e. The highest BCUT2D eigenvalue weighted by Crippen LogP contribution is 2.26. The van der Waals surface area contributed by atoms with E-state index in [0.29, 0.717) is 11.9 Å². The molecular weight excluding hydrogens is 270 g/mol. The van der Waals surface area contributed by atoms with Crippen LogP contribution in [0.25, 0.3) is 10.9 Å². The number of hydrogen-bond acceptors (Lipinski definition) is 3. The Morgan fingerprint density at radius 1 is 1.15 bits per heavy atom. The topological polar surface area (TPSA) is 29.0 Å². The minimum atomic E-state index is 0.545. The highest BCUT2D eigenvalue weighted by atomic mass is 35.5. The summed E-state index contributed by atoms with van der Waals surface area (Å²) in [6.07, 6.45) is 8.33. The molecule has 1 aliphatic rings. The first-order valence-electron chi connectivity index (χ1n) is 7.43. The van der Waals surface area contributed by atoms with Crippen LogP contribution < -0.4 is 4.90 Å². The predicted molar refractivity (Wildman–Crippen MR) is 84.5 cm³/mol. The molecule has 3 nitrogen and oxygen atoms in total. The molecule has 1 fully saturated rings. The molecule has 3 rings (SSSR count). The first-order chi connectivity index (χ1) is 9.88. The SMILES string of the molecule is ClCCN(c1ncc2ccccc2n1)C1CCCCC1. The number of anilines is 1. The molecular formula is C16H20ClN3. The van der Waals surface area contributed by atoms with E-state index in [0.717, 1.165) is 23.4 Å². The van der Waals surface area contributed by atoms with Gasteiger partial charge in [-0.3, -0.25) is 0 Å². The molecule has 0 atom stereocenters. The van der Waals surface area contributed by atoms with Crippen molar-refractivity contribution in [2.24, 2.45) is 0 Å². The first-order valence-corrected chi connectivity index (χ1v) is 7.96. The normalized spacial score (nSPS) is 16.4. The van der Waals surface area contributed by atoms with Crippen molar-refractivity contribution in [1.82, 2.24) is 9.97 Å². The van der Waals surface area contributed by atoms with E-state index in [-0.39, 0.29) is 0 Å². The van der Waals surface area contributed by atoms with Gasteiger partial charge in [0.15, 0.2) is 0 Å². The molecule has 4 heteroatoms. The van der Waals surface area contributed by atoms with Gasteiger partial charge in [0.25, 0.3) is 0 Å². The minimum absolute atomic E-state index is 0.545. The lowest BCUT2D eigenvalue weighted by Gasteiger charge is -2.34. The maximum absolute atomic E-state index is 5.99. The van der Waals surface area contributed by atoms with E-state index in [1.165, 1.54) is 32.1 Å². The van der Waals surface area contributed by atoms with E-state index in [1.807, 2.05) is 30.5 Å². The molecule has 1 heterocycles. The van der Waals surface area contributed by atoms with Gasteiger partial charge < -0.3 is 4.90 Å². The molecule has 0 radical (unpaired) electrons. The van der Waals surface area contributed by atoms with Crippen LogP contribution in [0, 0.1) is 0 Å². The maximum atomic E-state index is 5.99. The summed E-state index contributed by atoms with van der Waals surface area (Å²) in [6, 6.07) is 8.67. The van der Waals surface area contributed by atoms with Gasteiger partial charge in [-0.05, 0) is 18.9 Å². The fraction of sp³-hybridized carbons (Fsp3) is 0.500. The Bertz CT molecular complexity index is 566. The van der Waals surface area contributed by atoms with Crippen molar-refractivity contribution in [2.45, 2.75) is 38.1 Å². The molecule has 0 unspecified atom stereocenters. The third-order valence-corrected chi connectivity index (χ3v) is 4.24. The molecule has 0 N–H and O–H groups in total. The van der Waals surface area contributed by atoms with Crippen molar-refractivity contribution in [3.63, 3.8) is 0 Å². The van der Waals surface area contributed by atoms with Crippen molar-refractivity contribution in [3.05, 3.63) is 30.5 Å². The van der Waals surface area contributed by atoms with Crippen LogP contribution in [0.1, 0.15) is 32.1 Å². The van der Waals surface area contributed by atoms with Gasteiger partial charge >= 0.3 is 0 Å². The second kappa shape index (κ2) is 6.40. The fourth-order valence-corrected chi connectivity index (χ4v) is 3.21.